The van der Waals surface area contributed by atoms with Crippen molar-refractivity contribution in [1.29, 1.82) is 0 Å². The first-order chi connectivity index (χ1) is 13.1. The van der Waals surface area contributed by atoms with E-state index in [4.69, 9.17) is 5.73 Å². The summed E-state index contributed by atoms with van der Waals surface area (Å²) in [6.45, 7) is 0. The van der Waals surface area contributed by atoms with Gasteiger partial charge in [-0.15, -0.1) is 11.3 Å². The predicted molar refractivity (Wildman–Crippen MR) is 104 cm³/mol. The van der Waals surface area contributed by atoms with Crippen molar-refractivity contribution in [1.82, 2.24) is 10.3 Å². The van der Waals surface area contributed by atoms with Gasteiger partial charge in [0.1, 0.15) is 6.04 Å². The van der Waals surface area contributed by atoms with Gasteiger partial charge in [0.2, 0.25) is 5.91 Å². The van der Waals surface area contributed by atoms with Gasteiger partial charge in [-0.25, -0.2) is 0 Å². The van der Waals surface area contributed by atoms with Crippen LogP contribution in [0.2, 0.25) is 0 Å². The third kappa shape index (κ3) is 4.65. The van der Waals surface area contributed by atoms with Crippen LogP contribution in [0.5, 0.6) is 0 Å². The van der Waals surface area contributed by atoms with Gasteiger partial charge in [-0.2, -0.15) is 0 Å². The minimum Gasteiger partial charge on any atom is -0.368 e. The fourth-order valence-electron chi connectivity index (χ4n) is 2.54. The molecule has 0 radical (unpaired) electrons. The molecule has 0 aliphatic heterocycles. The Hall–Kier alpha value is -3.32. The minimum atomic E-state index is -0.813. The van der Waals surface area contributed by atoms with Gasteiger partial charge in [0, 0.05) is 12.6 Å². The molecule has 1 atom stereocenters. The summed E-state index contributed by atoms with van der Waals surface area (Å²) in [5, 5.41) is 2.66. The Morgan fingerprint density at radius 2 is 1.89 bits per heavy atom. The minimum absolute atomic E-state index is 0.317. The highest BCUT2D eigenvalue weighted by Gasteiger charge is 2.19. The van der Waals surface area contributed by atoms with E-state index in [2.05, 4.69) is 10.3 Å². The van der Waals surface area contributed by atoms with Gasteiger partial charge in [-0.05, 0) is 29.8 Å². The molecular weight excluding hydrogens is 362 g/mol. The number of hydrogen-bond acceptors (Lipinski definition) is 5. The first-order valence-corrected chi connectivity index (χ1v) is 9.04. The predicted octanol–water partition coefficient (Wildman–Crippen LogP) is 2.45. The number of amides is 2. The maximum Gasteiger partial charge on any atom is 0.253 e. The van der Waals surface area contributed by atoms with Gasteiger partial charge in [0.05, 0.1) is 21.0 Å². The second-order valence-corrected chi connectivity index (χ2v) is 6.99. The summed E-state index contributed by atoms with van der Waals surface area (Å²) in [5.41, 5.74) is 7.32. The van der Waals surface area contributed by atoms with Crippen molar-refractivity contribution in [2.45, 2.75) is 12.5 Å². The summed E-state index contributed by atoms with van der Waals surface area (Å²) < 4.78 is 0. The monoisotopic (exact) mass is 379 g/mol. The van der Waals surface area contributed by atoms with E-state index < -0.39 is 17.9 Å². The second kappa shape index (κ2) is 8.37. The lowest BCUT2D eigenvalue weighted by Crippen LogP contribution is -2.45. The Labute approximate surface area is 160 Å². The molecule has 0 fully saturated rings. The molecule has 0 spiro atoms. The van der Waals surface area contributed by atoms with E-state index in [1.165, 1.54) is 17.5 Å². The van der Waals surface area contributed by atoms with E-state index in [1.54, 1.807) is 24.3 Å². The van der Waals surface area contributed by atoms with Crippen LogP contribution in [0.4, 0.5) is 0 Å². The smallest absolute Gasteiger partial charge is 0.253 e. The Kier molecular flexibility index (Phi) is 5.73. The molecule has 0 unspecified atom stereocenters. The lowest BCUT2D eigenvalue weighted by Gasteiger charge is -2.15. The third-order valence-corrected chi connectivity index (χ3v) is 4.99. The molecule has 7 heteroatoms. The fourth-order valence-corrected chi connectivity index (χ4v) is 3.34. The molecule has 3 rings (SSSR count). The molecule has 3 aromatic rings. The molecule has 2 aromatic heterocycles. The highest BCUT2D eigenvalue weighted by Crippen LogP contribution is 2.25. The van der Waals surface area contributed by atoms with Crippen LogP contribution in [0.15, 0.2) is 60.8 Å². The van der Waals surface area contributed by atoms with Crippen LogP contribution in [-0.4, -0.2) is 29.1 Å². The van der Waals surface area contributed by atoms with E-state index in [-0.39, 0.29) is 0 Å². The summed E-state index contributed by atoms with van der Waals surface area (Å²) >= 11 is 1.32. The lowest BCUT2D eigenvalue weighted by atomic mass is 10.1. The highest BCUT2D eigenvalue weighted by atomic mass is 32.1. The third-order valence-electron chi connectivity index (χ3n) is 3.95. The molecule has 0 aliphatic carbocycles. The van der Waals surface area contributed by atoms with Crippen molar-refractivity contribution in [2.75, 3.05) is 0 Å². The largest absolute Gasteiger partial charge is 0.368 e. The van der Waals surface area contributed by atoms with Crippen molar-refractivity contribution in [3.63, 3.8) is 0 Å². The molecule has 0 bridgehead atoms. The lowest BCUT2D eigenvalue weighted by molar-refractivity contribution is -0.119. The summed E-state index contributed by atoms with van der Waals surface area (Å²) in [6, 6.07) is 15.4. The van der Waals surface area contributed by atoms with Gasteiger partial charge in [-0.1, -0.05) is 30.3 Å². The van der Waals surface area contributed by atoms with E-state index >= 15 is 0 Å². The number of nitrogens with zero attached hydrogens (tertiary/aromatic N) is 1. The van der Waals surface area contributed by atoms with Gasteiger partial charge in [0.15, 0.2) is 6.29 Å². The quantitative estimate of drug-likeness (QED) is 0.616. The number of carbonyl (C=O) groups is 3. The molecule has 0 saturated heterocycles. The SMILES string of the molecule is NC(=O)[C@H](Cc1ccccc1)NC(=O)c1ccc(-c2ccc(C=O)s2)nc1. The number of nitrogens with one attached hydrogen (secondary N) is 1. The summed E-state index contributed by atoms with van der Waals surface area (Å²) in [5.74, 6) is -1.02. The van der Waals surface area contributed by atoms with Crippen molar-refractivity contribution in [3.05, 3.63) is 76.8 Å². The van der Waals surface area contributed by atoms with E-state index in [0.717, 1.165) is 16.7 Å². The van der Waals surface area contributed by atoms with Gasteiger partial charge in [0.25, 0.3) is 5.91 Å². The topological polar surface area (TPSA) is 102 Å². The number of primary amides is 1. The maximum atomic E-state index is 12.4. The van der Waals surface area contributed by atoms with E-state index in [9.17, 15) is 14.4 Å². The van der Waals surface area contributed by atoms with Crippen LogP contribution < -0.4 is 11.1 Å². The molecule has 6 nitrogen and oxygen atoms in total. The van der Waals surface area contributed by atoms with Gasteiger partial charge >= 0.3 is 0 Å². The highest BCUT2D eigenvalue weighted by molar-refractivity contribution is 7.17. The van der Waals surface area contributed by atoms with Crippen LogP contribution in [0.1, 0.15) is 25.6 Å². The molecule has 2 heterocycles. The Morgan fingerprint density at radius 1 is 1.11 bits per heavy atom. The molecule has 0 aliphatic rings. The van der Waals surface area contributed by atoms with Crippen LogP contribution in [0, 0.1) is 0 Å². The number of benzene rings is 1. The van der Waals surface area contributed by atoms with Crippen molar-refractivity contribution in [3.8, 4) is 10.6 Å². The zero-order valence-electron chi connectivity index (χ0n) is 14.3. The molecule has 136 valence electrons. The Bertz CT molecular complexity index is 952. The Balaban J connectivity index is 1.70. The fraction of sp³-hybridized carbons (Fsp3) is 0.100. The van der Waals surface area contributed by atoms with Crippen molar-refractivity contribution >= 4 is 29.4 Å². The normalized spacial score (nSPS) is 11.6. The maximum absolute atomic E-state index is 12.4. The van der Waals surface area contributed by atoms with Crippen LogP contribution in [0.25, 0.3) is 10.6 Å². The average Bonchev–Trinajstić information content (AvgIpc) is 3.17. The number of thiophene rings is 1. The molecule has 0 saturated carbocycles. The van der Waals surface area contributed by atoms with E-state index in [1.807, 2.05) is 30.3 Å². The summed E-state index contributed by atoms with van der Waals surface area (Å²) in [6.07, 6.45) is 2.54. The van der Waals surface area contributed by atoms with Gasteiger partial charge in [-0.3, -0.25) is 19.4 Å². The van der Waals surface area contributed by atoms with Crippen LogP contribution >= 0.6 is 11.3 Å². The number of carbonyl (C=O) groups excluding carboxylic acids is 3. The Morgan fingerprint density at radius 3 is 2.48 bits per heavy atom. The first-order valence-electron chi connectivity index (χ1n) is 8.22. The number of aldehydes is 1. The number of aromatic nitrogens is 1. The van der Waals surface area contributed by atoms with Crippen molar-refractivity contribution < 1.29 is 14.4 Å². The average molecular weight is 379 g/mol. The molecule has 27 heavy (non-hydrogen) atoms. The van der Waals surface area contributed by atoms with Crippen molar-refractivity contribution in [2.24, 2.45) is 5.73 Å². The van der Waals surface area contributed by atoms with Crippen LogP contribution in [-0.2, 0) is 11.2 Å². The molecule has 3 N–H and O–H groups in total. The molecule has 1 aromatic carbocycles. The first kappa shape index (κ1) is 18.5. The number of pyridine rings is 1. The number of nitrogens with two attached hydrogens (primary N) is 1. The van der Waals surface area contributed by atoms with Gasteiger partial charge < -0.3 is 11.1 Å². The standard InChI is InChI=1S/C20H17N3O3S/c21-19(25)17(10-13-4-2-1-3-5-13)23-20(26)14-6-8-16(22-11-14)18-9-7-15(12-24)27-18/h1-9,11-12,17H,10H2,(H2,21,25)(H,23,26)/t17-/m0/s1. The second-order valence-electron chi connectivity index (χ2n) is 5.87. The van der Waals surface area contributed by atoms with Crippen LogP contribution in [0.3, 0.4) is 0 Å². The van der Waals surface area contributed by atoms with E-state index in [0.29, 0.717) is 22.6 Å². The number of hydrogen-bond donors (Lipinski definition) is 2. The zero-order chi connectivity index (χ0) is 19.2. The molecule has 2 amide bonds. The summed E-state index contributed by atoms with van der Waals surface area (Å²) in [4.78, 5) is 40.7. The summed E-state index contributed by atoms with van der Waals surface area (Å²) in [7, 11) is 0. The zero-order valence-corrected chi connectivity index (χ0v) is 15.1. The molecular formula is C20H17N3O3S. The number of rotatable bonds is 7.